The molecule has 0 bridgehead atoms. The monoisotopic (exact) mass is 374 g/mol. The van der Waals surface area contributed by atoms with E-state index in [1.54, 1.807) is 62.6 Å². The fraction of sp³-hybridized carbons (Fsp3) is 0.211. The number of carboxylic acid groups (broad SMARTS) is 1. The van der Waals surface area contributed by atoms with Crippen LogP contribution in [0.4, 0.5) is 5.69 Å². The molecule has 0 heterocycles. The van der Waals surface area contributed by atoms with E-state index in [-0.39, 0.29) is 18.7 Å². The fourth-order valence-electron chi connectivity index (χ4n) is 2.17. The van der Waals surface area contributed by atoms with Gasteiger partial charge in [-0.25, -0.2) is 0 Å². The minimum absolute atomic E-state index is 0.0546. The van der Waals surface area contributed by atoms with Crippen molar-refractivity contribution in [3.63, 3.8) is 0 Å². The maximum absolute atomic E-state index is 12.9. The zero-order valence-corrected chi connectivity index (χ0v) is 15.2. The summed E-state index contributed by atoms with van der Waals surface area (Å²) in [6.45, 7) is 1.69. The minimum atomic E-state index is -0.917. The molecular weight excluding hydrogens is 356 g/mol. The van der Waals surface area contributed by atoms with E-state index in [2.05, 4.69) is 5.10 Å². The number of hydrazone groups is 1. The molecule has 0 unspecified atom stereocenters. The molecule has 0 aliphatic rings. The predicted molar refractivity (Wildman–Crippen MR) is 101 cm³/mol. The molecule has 0 aliphatic carbocycles. The largest absolute Gasteiger partial charge is 0.497 e. The van der Waals surface area contributed by atoms with Gasteiger partial charge in [0.2, 0.25) is 0 Å². The van der Waals surface area contributed by atoms with E-state index >= 15 is 0 Å². The van der Waals surface area contributed by atoms with Crippen molar-refractivity contribution in [2.75, 3.05) is 12.1 Å². The van der Waals surface area contributed by atoms with Crippen LogP contribution in [0.15, 0.2) is 53.6 Å². The van der Waals surface area contributed by atoms with Crippen LogP contribution < -0.4 is 9.75 Å². The summed E-state index contributed by atoms with van der Waals surface area (Å²) < 4.78 is 5.13. The van der Waals surface area contributed by atoms with Gasteiger partial charge in [0.05, 0.1) is 19.2 Å². The highest BCUT2D eigenvalue weighted by atomic mass is 35.5. The highest BCUT2D eigenvalue weighted by molar-refractivity contribution is 6.30. The van der Waals surface area contributed by atoms with Gasteiger partial charge in [-0.3, -0.25) is 9.59 Å². The van der Waals surface area contributed by atoms with E-state index < -0.39 is 5.97 Å². The lowest BCUT2D eigenvalue weighted by molar-refractivity contribution is -0.136. The van der Waals surface area contributed by atoms with Crippen LogP contribution in [0, 0.1) is 0 Å². The van der Waals surface area contributed by atoms with Gasteiger partial charge < -0.3 is 9.84 Å². The number of anilines is 1. The summed E-state index contributed by atoms with van der Waals surface area (Å²) in [4.78, 5) is 23.7. The standard InChI is InChI=1S/C19H19ClN2O4/c1-13(3-12-18(23)24)21-22(16-8-10-17(26-2)11-9-16)19(25)14-4-6-15(20)7-5-14/h4-11H,3,12H2,1-2H3,(H,23,24). The number of rotatable bonds is 7. The van der Waals surface area contributed by atoms with Crippen LogP contribution >= 0.6 is 11.6 Å². The molecule has 0 aromatic heterocycles. The normalized spacial score (nSPS) is 11.1. The van der Waals surface area contributed by atoms with Gasteiger partial charge in [-0.05, 0) is 61.9 Å². The van der Waals surface area contributed by atoms with Gasteiger partial charge in [0, 0.05) is 16.3 Å². The average Bonchev–Trinajstić information content (AvgIpc) is 2.64. The molecule has 2 aromatic rings. The molecular formula is C19H19ClN2O4. The summed E-state index contributed by atoms with van der Waals surface area (Å²) in [5.74, 6) is -0.611. The summed E-state index contributed by atoms with van der Waals surface area (Å²) in [6, 6.07) is 13.3. The Balaban J connectivity index is 2.36. The molecule has 136 valence electrons. The maximum Gasteiger partial charge on any atom is 0.303 e. The van der Waals surface area contributed by atoms with Crippen molar-refractivity contribution in [3.05, 3.63) is 59.1 Å². The van der Waals surface area contributed by atoms with Crippen molar-refractivity contribution in [1.29, 1.82) is 0 Å². The van der Waals surface area contributed by atoms with Crippen molar-refractivity contribution in [2.24, 2.45) is 5.10 Å². The summed E-state index contributed by atoms with van der Waals surface area (Å²) >= 11 is 5.88. The third kappa shape index (κ3) is 5.32. The number of ether oxygens (including phenoxy) is 1. The molecule has 7 heteroatoms. The second-order valence-electron chi connectivity index (χ2n) is 5.55. The zero-order valence-electron chi connectivity index (χ0n) is 14.5. The Morgan fingerprint density at radius 3 is 2.23 bits per heavy atom. The van der Waals surface area contributed by atoms with E-state index in [1.807, 2.05) is 0 Å². The molecule has 26 heavy (non-hydrogen) atoms. The molecule has 0 atom stereocenters. The van der Waals surface area contributed by atoms with Gasteiger partial charge in [0.25, 0.3) is 5.91 Å². The highest BCUT2D eigenvalue weighted by Gasteiger charge is 2.18. The number of methoxy groups -OCH3 is 1. The lowest BCUT2D eigenvalue weighted by Gasteiger charge is -2.19. The quantitative estimate of drug-likeness (QED) is 0.580. The number of nitrogens with zero attached hydrogens (tertiary/aromatic N) is 2. The summed E-state index contributed by atoms with van der Waals surface area (Å²) in [5.41, 5.74) is 1.49. The van der Waals surface area contributed by atoms with Crippen molar-refractivity contribution in [2.45, 2.75) is 19.8 Å². The number of hydrogen-bond donors (Lipinski definition) is 1. The topological polar surface area (TPSA) is 79.2 Å². The number of hydrogen-bond acceptors (Lipinski definition) is 4. The summed E-state index contributed by atoms with van der Waals surface area (Å²) in [5, 5.41) is 14.9. The zero-order chi connectivity index (χ0) is 19.1. The first-order valence-electron chi connectivity index (χ1n) is 7.90. The molecule has 0 fully saturated rings. The molecule has 0 spiro atoms. The summed E-state index contributed by atoms with van der Waals surface area (Å²) in [7, 11) is 1.56. The van der Waals surface area contributed by atoms with Crippen molar-refractivity contribution >= 4 is 34.9 Å². The molecule has 2 aromatic carbocycles. The molecule has 0 saturated carbocycles. The van der Waals surface area contributed by atoms with E-state index in [0.29, 0.717) is 27.7 Å². The molecule has 6 nitrogen and oxygen atoms in total. The van der Waals surface area contributed by atoms with Gasteiger partial charge in [-0.2, -0.15) is 10.1 Å². The van der Waals surface area contributed by atoms with E-state index in [1.165, 1.54) is 5.01 Å². The lowest BCUT2D eigenvalue weighted by Crippen LogP contribution is -2.26. The van der Waals surface area contributed by atoms with E-state index in [4.69, 9.17) is 21.4 Å². The second kappa shape index (κ2) is 9.01. The molecule has 2 rings (SSSR count). The Hall–Kier alpha value is -2.86. The summed E-state index contributed by atoms with van der Waals surface area (Å²) in [6.07, 6.45) is 0.191. The van der Waals surface area contributed by atoms with Gasteiger partial charge in [0.1, 0.15) is 5.75 Å². The van der Waals surface area contributed by atoms with Crippen LogP contribution in [0.2, 0.25) is 5.02 Å². The molecule has 0 aliphatic heterocycles. The van der Waals surface area contributed by atoms with Crippen LogP contribution in [0.1, 0.15) is 30.1 Å². The average molecular weight is 375 g/mol. The van der Waals surface area contributed by atoms with Gasteiger partial charge in [0.15, 0.2) is 0 Å². The first-order chi connectivity index (χ1) is 12.4. The molecule has 1 amide bonds. The lowest BCUT2D eigenvalue weighted by atomic mass is 10.2. The number of amides is 1. The number of carbonyl (C=O) groups excluding carboxylic acids is 1. The fourth-order valence-corrected chi connectivity index (χ4v) is 2.29. The molecule has 0 saturated heterocycles. The Kier molecular flexibility index (Phi) is 6.74. The SMILES string of the molecule is COc1ccc(N(N=C(C)CCC(=O)O)C(=O)c2ccc(Cl)cc2)cc1. The second-order valence-corrected chi connectivity index (χ2v) is 5.99. The van der Waals surface area contributed by atoms with Crippen LogP contribution in [0.3, 0.4) is 0 Å². The predicted octanol–water partition coefficient (Wildman–Crippen LogP) is 4.24. The third-order valence-corrected chi connectivity index (χ3v) is 3.82. The molecule has 0 radical (unpaired) electrons. The number of aliphatic carboxylic acids is 1. The third-order valence-electron chi connectivity index (χ3n) is 3.57. The first kappa shape index (κ1) is 19.5. The van der Waals surface area contributed by atoms with Crippen molar-refractivity contribution in [1.82, 2.24) is 0 Å². The van der Waals surface area contributed by atoms with E-state index in [9.17, 15) is 9.59 Å². The van der Waals surface area contributed by atoms with Crippen LogP contribution in [0.5, 0.6) is 5.75 Å². The van der Waals surface area contributed by atoms with Gasteiger partial charge >= 0.3 is 5.97 Å². The van der Waals surface area contributed by atoms with Gasteiger partial charge in [-0.15, -0.1) is 0 Å². The number of carboxylic acids is 1. The number of halogens is 1. The van der Waals surface area contributed by atoms with Crippen molar-refractivity contribution in [3.8, 4) is 5.75 Å². The highest BCUT2D eigenvalue weighted by Crippen LogP contribution is 2.22. The first-order valence-corrected chi connectivity index (χ1v) is 8.28. The Morgan fingerprint density at radius 1 is 1.08 bits per heavy atom. The van der Waals surface area contributed by atoms with Crippen molar-refractivity contribution < 1.29 is 19.4 Å². The number of carbonyl (C=O) groups is 2. The van der Waals surface area contributed by atoms with Crippen LogP contribution in [0.25, 0.3) is 0 Å². The Morgan fingerprint density at radius 2 is 1.69 bits per heavy atom. The smallest absolute Gasteiger partial charge is 0.303 e. The van der Waals surface area contributed by atoms with E-state index in [0.717, 1.165) is 0 Å². The Bertz CT molecular complexity index is 801. The number of benzene rings is 2. The Labute approximate surface area is 156 Å². The van der Waals surface area contributed by atoms with Gasteiger partial charge in [-0.1, -0.05) is 11.6 Å². The van der Waals surface area contributed by atoms with Crippen LogP contribution in [-0.2, 0) is 4.79 Å². The minimum Gasteiger partial charge on any atom is -0.497 e. The van der Waals surface area contributed by atoms with Crippen LogP contribution in [-0.4, -0.2) is 29.8 Å². The molecule has 1 N–H and O–H groups in total. The maximum atomic E-state index is 12.9.